The lowest BCUT2D eigenvalue weighted by Gasteiger charge is -2.28. The van der Waals surface area contributed by atoms with Crippen molar-refractivity contribution < 1.29 is 14.7 Å². The molecule has 1 heterocycles. The number of aromatic carboxylic acids is 1. The molecule has 0 bridgehead atoms. The summed E-state index contributed by atoms with van der Waals surface area (Å²) >= 11 is 5.84. The summed E-state index contributed by atoms with van der Waals surface area (Å²) in [6.45, 7) is 9.70. The number of anilines is 2. The summed E-state index contributed by atoms with van der Waals surface area (Å²) in [4.78, 5) is 30.6. The third-order valence-electron chi connectivity index (χ3n) is 3.93. The zero-order valence-electron chi connectivity index (χ0n) is 16.6. The molecule has 6 nitrogen and oxygen atoms in total. The predicted octanol–water partition coefficient (Wildman–Crippen LogP) is 4.80. The van der Waals surface area contributed by atoms with Crippen LogP contribution in [0.4, 0.5) is 11.5 Å². The second kappa shape index (κ2) is 9.55. The van der Waals surface area contributed by atoms with Crippen LogP contribution in [0.25, 0.3) is 0 Å². The van der Waals surface area contributed by atoms with Gasteiger partial charge in [0, 0.05) is 23.7 Å². The molecule has 28 heavy (non-hydrogen) atoms. The van der Waals surface area contributed by atoms with Crippen molar-refractivity contribution in [2.75, 3.05) is 23.3 Å². The number of amides is 1. The van der Waals surface area contributed by atoms with Crippen molar-refractivity contribution in [1.29, 1.82) is 0 Å². The quantitative estimate of drug-likeness (QED) is 0.661. The summed E-state index contributed by atoms with van der Waals surface area (Å²) in [5, 5.41) is 12.9. The molecule has 0 radical (unpaired) electrons. The van der Waals surface area contributed by atoms with Crippen LogP contribution in [0.3, 0.4) is 0 Å². The summed E-state index contributed by atoms with van der Waals surface area (Å²) in [5.41, 5.74) is 0.817. The van der Waals surface area contributed by atoms with E-state index in [2.05, 4.69) is 38.0 Å². The van der Waals surface area contributed by atoms with Gasteiger partial charge in [-0.2, -0.15) is 0 Å². The van der Waals surface area contributed by atoms with E-state index in [-0.39, 0.29) is 11.5 Å². The molecule has 2 rings (SSSR count). The fourth-order valence-electron chi connectivity index (χ4n) is 2.87. The van der Waals surface area contributed by atoms with Crippen LogP contribution in [-0.4, -0.2) is 35.1 Å². The van der Waals surface area contributed by atoms with Gasteiger partial charge in [0.15, 0.2) is 0 Å². The minimum atomic E-state index is -1.08. The Morgan fingerprint density at radius 2 is 1.68 bits per heavy atom. The van der Waals surface area contributed by atoms with Crippen molar-refractivity contribution in [3.63, 3.8) is 0 Å². The van der Waals surface area contributed by atoms with Gasteiger partial charge >= 0.3 is 5.97 Å². The lowest BCUT2D eigenvalue weighted by atomic mass is 10.1. The molecule has 1 amide bonds. The fraction of sp³-hybridized carbons (Fsp3) is 0.381. The zero-order chi connectivity index (χ0) is 20.8. The van der Waals surface area contributed by atoms with E-state index < -0.39 is 5.97 Å². The molecule has 0 spiro atoms. The predicted molar refractivity (Wildman–Crippen MR) is 112 cm³/mol. The van der Waals surface area contributed by atoms with E-state index in [0.29, 0.717) is 47.0 Å². The number of nitrogens with zero attached hydrogens (tertiary/aromatic N) is 2. The van der Waals surface area contributed by atoms with Crippen LogP contribution in [0.1, 0.15) is 48.4 Å². The second-order valence-electron chi connectivity index (χ2n) is 7.55. The molecule has 0 aliphatic rings. The highest BCUT2D eigenvalue weighted by Gasteiger charge is 2.21. The summed E-state index contributed by atoms with van der Waals surface area (Å²) in [7, 11) is 0. The van der Waals surface area contributed by atoms with Gasteiger partial charge in [-0.05, 0) is 42.2 Å². The molecule has 0 saturated carbocycles. The molecule has 0 atom stereocenters. The van der Waals surface area contributed by atoms with E-state index in [4.69, 9.17) is 11.6 Å². The van der Waals surface area contributed by atoms with Crippen molar-refractivity contribution >= 4 is 35.0 Å². The van der Waals surface area contributed by atoms with Crippen LogP contribution in [0.2, 0.25) is 5.02 Å². The number of aromatic nitrogens is 1. The normalized spacial score (nSPS) is 11.0. The fourth-order valence-corrected chi connectivity index (χ4v) is 2.99. The zero-order valence-corrected chi connectivity index (χ0v) is 17.3. The Morgan fingerprint density at radius 3 is 2.18 bits per heavy atom. The first-order valence-corrected chi connectivity index (χ1v) is 9.60. The first-order valence-electron chi connectivity index (χ1n) is 9.22. The number of pyridine rings is 1. The van der Waals surface area contributed by atoms with E-state index >= 15 is 0 Å². The first-order chi connectivity index (χ1) is 13.2. The minimum Gasteiger partial charge on any atom is -0.478 e. The Morgan fingerprint density at radius 1 is 1.11 bits per heavy atom. The lowest BCUT2D eigenvalue weighted by molar-refractivity contribution is 0.0696. The topological polar surface area (TPSA) is 82.5 Å². The maximum atomic E-state index is 12.4. The van der Waals surface area contributed by atoms with Crippen molar-refractivity contribution in [3.8, 4) is 0 Å². The molecule has 2 N–H and O–H groups in total. The number of carbonyl (C=O) groups excluding carboxylic acids is 1. The standard InChI is InChI=1S/C21H26ClN3O3/c1-13(2)11-25(12-14(3)4)19-18(21(27)28)9-17(10-23-19)24-20(26)15-5-7-16(22)8-6-15/h5-10,13-14H,11-12H2,1-4H3,(H,24,26)(H,27,28). The van der Waals surface area contributed by atoms with Gasteiger partial charge < -0.3 is 15.3 Å². The molecular formula is C21H26ClN3O3. The van der Waals surface area contributed by atoms with Gasteiger partial charge in [0.25, 0.3) is 5.91 Å². The number of carboxylic acid groups (broad SMARTS) is 1. The Kier molecular flexibility index (Phi) is 7.40. The van der Waals surface area contributed by atoms with Gasteiger partial charge in [0.05, 0.1) is 11.9 Å². The van der Waals surface area contributed by atoms with E-state index in [1.807, 2.05) is 4.90 Å². The van der Waals surface area contributed by atoms with E-state index in [9.17, 15) is 14.7 Å². The number of hydrogen-bond donors (Lipinski definition) is 2. The summed E-state index contributed by atoms with van der Waals surface area (Å²) < 4.78 is 0. The van der Waals surface area contributed by atoms with Crippen LogP contribution in [0, 0.1) is 11.8 Å². The van der Waals surface area contributed by atoms with Gasteiger partial charge in [0.2, 0.25) is 0 Å². The largest absolute Gasteiger partial charge is 0.478 e. The Bertz CT molecular complexity index is 825. The van der Waals surface area contributed by atoms with Crippen LogP contribution < -0.4 is 10.2 Å². The lowest BCUT2D eigenvalue weighted by Crippen LogP contribution is -2.33. The number of nitrogens with one attached hydrogen (secondary N) is 1. The number of hydrogen-bond acceptors (Lipinski definition) is 4. The molecule has 0 fully saturated rings. The van der Waals surface area contributed by atoms with E-state index in [0.717, 1.165) is 0 Å². The van der Waals surface area contributed by atoms with Crippen molar-refractivity contribution in [2.45, 2.75) is 27.7 Å². The Labute approximate surface area is 170 Å². The highest BCUT2D eigenvalue weighted by atomic mass is 35.5. The van der Waals surface area contributed by atoms with Gasteiger partial charge in [-0.1, -0.05) is 39.3 Å². The van der Waals surface area contributed by atoms with Crippen LogP contribution >= 0.6 is 11.6 Å². The molecule has 0 aliphatic carbocycles. The van der Waals surface area contributed by atoms with Gasteiger partial charge in [-0.3, -0.25) is 4.79 Å². The van der Waals surface area contributed by atoms with Crippen LogP contribution in [0.5, 0.6) is 0 Å². The van der Waals surface area contributed by atoms with E-state index in [1.165, 1.54) is 12.3 Å². The molecule has 2 aromatic rings. The molecular weight excluding hydrogens is 378 g/mol. The van der Waals surface area contributed by atoms with Gasteiger partial charge in [-0.25, -0.2) is 9.78 Å². The highest BCUT2D eigenvalue weighted by molar-refractivity contribution is 6.30. The Balaban J connectivity index is 2.31. The number of halogens is 1. The highest BCUT2D eigenvalue weighted by Crippen LogP contribution is 2.24. The van der Waals surface area contributed by atoms with Crippen molar-refractivity contribution in [1.82, 2.24) is 4.98 Å². The summed E-state index contributed by atoms with van der Waals surface area (Å²) in [6.07, 6.45) is 1.49. The third-order valence-corrected chi connectivity index (χ3v) is 4.18. The maximum Gasteiger partial charge on any atom is 0.339 e. The average Bonchev–Trinajstić information content (AvgIpc) is 2.60. The molecule has 0 aliphatic heterocycles. The summed E-state index contributed by atoms with van der Waals surface area (Å²) in [5.74, 6) is -0.316. The molecule has 0 unspecified atom stereocenters. The number of carbonyl (C=O) groups is 2. The van der Waals surface area contributed by atoms with Crippen LogP contribution in [-0.2, 0) is 0 Å². The molecule has 0 saturated heterocycles. The average molecular weight is 404 g/mol. The van der Waals surface area contributed by atoms with Gasteiger partial charge in [-0.15, -0.1) is 0 Å². The first kappa shape index (κ1) is 21.7. The minimum absolute atomic E-state index is 0.0650. The SMILES string of the molecule is CC(C)CN(CC(C)C)c1ncc(NC(=O)c2ccc(Cl)cc2)cc1C(=O)O. The second-order valence-corrected chi connectivity index (χ2v) is 7.99. The van der Waals surface area contributed by atoms with E-state index in [1.54, 1.807) is 24.3 Å². The monoisotopic (exact) mass is 403 g/mol. The van der Waals surface area contributed by atoms with Crippen molar-refractivity contribution in [3.05, 3.63) is 52.7 Å². The Hall–Kier alpha value is -2.60. The van der Waals surface area contributed by atoms with Crippen LogP contribution in [0.15, 0.2) is 36.5 Å². The van der Waals surface area contributed by atoms with Gasteiger partial charge in [0.1, 0.15) is 11.4 Å². The smallest absolute Gasteiger partial charge is 0.339 e. The molecule has 7 heteroatoms. The number of carboxylic acids is 1. The summed E-state index contributed by atoms with van der Waals surface area (Å²) in [6, 6.07) is 7.90. The molecule has 1 aromatic heterocycles. The maximum absolute atomic E-state index is 12.4. The molecule has 1 aromatic carbocycles. The molecule has 150 valence electrons. The number of rotatable bonds is 8. The number of benzene rings is 1. The third kappa shape index (κ3) is 5.96. The van der Waals surface area contributed by atoms with Crippen molar-refractivity contribution in [2.24, 2.45) is 11.8 Å².